The zero-order valence-electron chi connectivity index (χ0n) is 8.30. The Kier molecular flexibility index (Phi) is 3.72. The van der Waals surface area contributed by atoms with Crippen molar-refractivity contribution in [3.63, 3.8) is 0 Å². The van der Waals surface area contributed by atoms with Gasteiger partial charge in [-0.2, -0.15) is 0 Å². The van der Waals surface area contributed by atoms with Crippen LogP contribution in [0.5, 0.6) is 0 Å². The lowest BCUT2D eigenvalue weighted by molar-refractivity contribution is -0.414. The van der Waals surface area contributed by atoms with Gasteiger partial charge in [-0.1, -0.05) is 5.16 Å². The molecule has 86 valence electrons. The SMILES string of the molecule is N=C1C(NCCN)=CC=C([N+](=O)[O-])/C1=N/O. The first kappa shape index (κ1) is 11.9. The Bertz CT molecular complexity index is 410. The molecule has 0 fully saturated rings. The molecular formula is C8H11N5O3. The van der Waals surface area contributed by atoms with Crippen LogP contribution in [0.15, 0.2) is 28.7 Å². The summed E-state index contributed by atoms with van der Waals surface area (Å²) in [6.07, 6.45) is 2.55. The maximum absolute atomic E-state index is 10.6. The number of nitrogens with two attached hydrogens (primary N) is 1. The molecule has 0 aliphatic heterocycles. The Balaban J connectivity index is 3.01. The summed E-state index contributed by atoms with van der Waals surface area (Å²) in [5.41, 5.74) is 4.60. The van der Waals surface area contributed by atoms with Gasteiger partial charge in [0, 0.05) is 19.2 Å². The van der Waals surface area contributed by atoms with Gasteiger partial charge in [0.05, 0.1) is 10.6 Å². The molecule has 1 aliphatic rings. The highest BCUT2D eigenvalue weighted by atomic mass is 16.6. The summed E-state index contributed by atoms with van der Waals surface area (Å²) in [5, 5.41) is 32.4. The fraction of sp³-hybridized carbons (Fsp3) is 0.250. The molecule has 8 nitrogen and oxygen atoms in total. The molecule has 0 aromatic carbocycles. The van der Waals surface area contributed by atoms with E-state index >= 15 is 0 Å². The number of rotatable bonds is 4. The molecule has 0 radical (unpaired) electrons. The van der Waals surface area contributed by atoms with Crippen molar-refractivity contribution in [1.82, 2.24) is 5.32 Å². The van der Waals surface area contributed by atoms with E-state index in [0.717, 1.165) is 0 Å². The molecule has 0 saturated heterocycles. The summed E-state index contributed by atoms with van der Waals surface area (Å²) >= 11 is 0. The number of hydrogen-bond acceptors (Lipinski definition) is 7. The molecule has 0 amide bonds. The van der Waals surface area contributed by atoms with E-state index < -0.39 is 10.6 Å². The van der Waals surface area contributed by atoms with Crippen LogP contribution < -0.4 is 11.1 Å². The minimum Gasteiger partial charge on any atom is -0.410 e. The monoisotopic (exact) mass is 225 g/mol. The summed E-state index contributed by atoms with van der Waals surface area (Å²) in [5.74, 6) is 0. The van der Waals surface area contributed by atoms with Gasteiger partial charge in [0.1, 0.15) is 5.71 Å². The lowest BCUT2D eigenvalue weighted by Gasteiger charge is -2.13. The second kappa shape index (κ2) is 5.03. The van der Waals surface area contributed by atoms with E-state index in [2.05, 4.69) is 10.5 Å². The van der Waals surface area contributed by atoms with Gasteiger partial charge >= 0.3 is 5.70 Å². The fourth-order valence-electron chi connectivity index (χ4n) is 1.18. The highest BCUT2D eigenvalue weighted by Crippen LogP contribution is 2.12. The number of nitrogens with one attached hydrogen (secondary N) is 2. The highest BCUT2D eigenvalue weighted by Gasteiger charge is 2.29. The first-order chi connectivity index (χ1) is 7.61. The van der Waals surface area contributed by atoms with Crippen LogP contribution >= 0.6 is 0 Å². The van der Waals surface area contributed by atoms with Gasteiger partial charge < -0.3 is 16.3 Å². The van der Waals surface area contributed by atoms with Crippen molar-refractivity contribution in [2.75, 3.05) is 13.1 Å². The average Bonchev–Trinajstić information content (AvgIpc) is 2.26. The Morgan fingerprint density at radius 3 is 2.81 bits per heavy atom. The third-order valence-electron chi connectivity index (χ3n) is 1.91. The van der Waals surface area contributed by atoms with Crippen LogP contribution in [0.3, 0.4) is 0 Å². The lowest BCUT2D eigenvalue weighted by atomic mass is 10.0. The van der Waals surface area contributed by atoms with Crippen molar-refractivity contribution in [3.05, 3.63) is 33.7 Å². The van der Waals surface area contributed by atoms with Crippen molar-refractivity contribution in [2.24, 2.45) is 10.9 Å². The van der Waals surface area contributed by atoms with Gasteiger partial charge in [0.25, 0.3) is 0 Å². The molecule has 0 heterocycles. The quantitative estimate of drug-likeness (QED) is 0.220. The maximum atomic E-state index is 10.6. The van der Waals surface area contributed by atoms with E-state index in [4.69, 9.17) is 16.4 Å². The van der Waals surface area contributed by atoms with E-state index in [-0.39, 0.29) is 11.4 Å². The number of nitrogens with zero attached hydrogens (tertiary/aromatic N) is 2. The molecule has 16 heavy (non-hydrogen) atoms. The van der Waals surface area contributed by atoms with E-state index in [9.17, 15) is 10.1 Å². The van der Waals surface area contributed by atoms with E-state index in [1.54, 1.807) is 0 Å². The maximum Gasteiger partial charge on any atom is 0.300 e. The molecule has 0 aromatic heterocycles. The minimum atomic E-state index is -0.709. The van der Waals surface area contributed by atoms with Crippen LogP contribution in [-0.4, -0.2) is 34.6 Å². The lowest BCUT2D eigenvalue weighted by Crippen LogP contribution is -2.33. The van der Waals surface area contributed by atoms with Crippen LogP contribution in [0.25, 0.3) is 0 Å². The summed E-state index contributed by atoms with van der Waals surface area (Å²) in [6, 6.07) is 0. The Labute approximate surface area is 90.8 Å². The molecule has 0 atom stereocenters. The van der Waals surface area contributed by atoms with Crippen molar-refractivity contribution in [2.45, 2.75) is 0 Å². The summed E-state index contributed by atoms with van der Waals surface area (Å²) < 4.78 is 0. The van der Waals surface area contributed by atoms with E-state index in [0.29, 0.717) is 18.8 Å². The normalized spacial score (nSPS) is 18.1. The Morgan fingerprint density at radius 2 is 2.31 bits per heavy atom. The number of hydrogen-bond donors (Lipinski definition) is 4. The zero-order chi connectivity index (χ0) is 12.1. The third-order valence-corrected chi connectivity index (χ3v) is 1.91. The number of oxime groups is 1. The molecule has 0 spiro atoms. The highest BCUT2D eigenvalue weighted by molar-refractivity contribution is 6.52. The van der Waals surface area contributed by atoms with Crippen LogP contribution in [0.4, 0.5) is 0 Å². The predicted molar refractivity (Wildman–Crippen MR) is 57.2 cm³/mol. The molecule has 8 heteroatoms. The van der Waals surface area contributed by atoms with Gasteiger partial charge in [-0.3, -0.25) is 15.5 Å². The first-order valence-electron chi connectivity index (χ1n) is 4.43. The van der Waals surface area contributed by atoms with Crippen molar-refractivity contribution in [1.29, 1.82) is 5.41 Å². The predicted octanol–water partition coefficient (Wildman–Crippen LogP) is -0.557. The van der Waals surface area contributed by atoms with Gasteiger partial charge in [-0.15, -0.1) is 0 Å². The van der Waals surface area contributed by atoms with Gasteiger partial charge in [0.2, 0.25) is 5.71 Å². The standard InChI is InChI=1S/C8H11N5O3/c9-3-4-11-5-1-2-6(13(15)16)8(12-14)7(5)10/h1-2,10-11,14H,3-4,9H2/b10-7?,12-8-. The average molecular weight is 225 g/mol. The van der Waals surface area contributed by atoms with Gasteiger partial charge in [0.15, 0.2) is 0 Å². The molecule has 0 bridgehead atoms. The van der Waals surface area contributed by atoms with E-state index in [1.165, 1.54) is 12.2 Å². The molecule has 5 N–H and O–H groups in total. The zero-order valence-corrected chi connectivity index (χ0v) is 8.30. The fourth-order valence-corrected chi connectivity index (χ4v) is 1.18. The van der Waals surface area contributed by atoms with Crippen LogP contribution in [-0.2, 0) is 0 Å². The first-order valence-corrected chi connectivity index (χ1v) is 4.43. The molecule has 0 saturated carbocycles. The van der Waals surface area contributed by atoms with E-state index in [1.807, 2.05) is 0 Å². The topological polar surface area (TPSA) is 138 Å². The minimum absolute atomic E-state index is 0.231. The van der Waals surface area contributed by atoms with Gasteiger partial charge in [-0.05, 0) is 6.08 Å². The molecule has 1 aliphatic carbocycles. The molecular weight excluding hydrogens is 214 g/mol. The smallest absolute Gasteiger partial charge is 0.300 e. The number of allylic oxidation sites excluding steroid dienone is 4. The van der Waals surface area contributed by atoms with Crippen molar-refractivity contribution < 1.29 is 10.1 Å². The largest absolute Gasteiger partial charge is 0.410 e. The van der Waals surface area contributed by atoms with Crippen LogP contribution in [0.1, 0.15) is 0 Å². The molecule has 0 aromatic rings. The Morgan fingerprint density at radius 1 is 1.62 bits per heavy atom. The Hall–Kier alpha value is -2.22. The van der Waals surface area contributed by atoms with Gasteiger partial charge in [-0.25, -0.2) is 0 Å². The van der Waals surface area contributed by atoms with Crippen LogP contribution in [0.2, 0.25) is 0 Å². The van der Waals surface area contributed by atoms with Crippen molar-refractivity contribution in [3.8, 4) is 0 Å². The second-order valence-corrected chi connectivity index (χ2v) is 2.93. The number of nitro groups is 1. The third kappa shape index (κ3) is 2.23. The van der Waals surface area contributed by atoms with Crippen molar-refractivity contribution >= 4 is 11.4 Å². The summed E-state index contributed by atoms with van der Waals surface area (Å²) in [4.78, 5) is 9.86. The second-order valence-electron chi connectivity index (χ2n) is 2.93. The van der Waals surface area contributed by atoms with Crippen LogP contribution in [0, 0.1) is 15.5 Å². The summed E-state index contributed by atoms with van der Waals surface area (Å²) in [7, 11) is 0. The molecule has 0 unspecified atom stereocenters. The molecule has 1 rings (SSSR count). The summed E-state index contributed by atoms with van der Waals surface area (Å²) in [6.45, 7) is 0.788.